The van der Waals surface area contributed by atoms with E-state index in [-0.39, 0.29) is 30.5 Å². The number of hydrogen-bond donors (Lipinski definition) is 2. The van der Waals surface area contributed by atoms with E-state index in [1.165, 1.54) is 15.0 Å². The molecule has 0 radical (unpaired) electrons. The van der Waals surface area contributed by atoms with Crippen molar-refractivity contribution in [3.8, 4) is 0 Å². The SMILES string of the molecule is CCCCn1c(N)c(N(Cc2ccccc2)C(=O)CN(Cc2ccsc2)C2CC2)c(=O)[nH]c1=O. The molecule has 1 fully saturated rings. The Morgan fingerprint density at radius 1 is 1.15 bits per heavy atom. The zero-order valence-corrected chi connectivity index (χ0v) is 20.2. The molecule has 180 valence electrons. The van der Waals surface area contributed by atoms with E-state index in [1.54, 1.807) is 11.3 Å². The lowest BCUT2D eigenvalue weighted by atomic mass is 10.2. The molecule has 34 heavy (non-hydrogen) atoms. The average molecular weight is 482 g/mol. The molecule has 9 heteroatoms. The maximum absolute atomic E-state index is 13.7. The Hall–Kier alpha value is -3.17. The summed E-state index contributed by atoms with van der Waals surface area (Å²) in [6.07, 6.45) is 3.71. The zero-order valence-electron chi connectivity index (χ0n) is 19.4. The smallest absolute Gasteiger partial charge is 0.330 e. The van der Waals surface area contributed by atoms with Crippen LogP contribution in [0.5, 0.6) is 0 Å². The molecule has 2 aromatic heterocycles. The number of nitrogens with one attached hydrogen (secondary N) is 1. The standard InChI is InChI=1S/C25H31N5O3S/c1-2-3-12-29-23(26)22(24(32)27-25(29)33)30(15-18-7-5-4-6-8-18)21(31)16-28(20-9-10-20)14-19-11-13-34-17-19/h4-8,11,13,17,20H,2-3,9-10,12,14-16,26H2,1H3,(H,27,32,33). The van der Waals surface area contributed by atoms with Gasteiger partial charge in [-0.25, -0.2) is 4.79 Å². The Balaban J connectivity index is 1.69. The topological polar surface area (TPSA) is 104 Å². The van der Waals surface area contributed by atoms with Crippen molar-refractivity contribution in [3.63, 3.8) is 0 Å². The van der Waals surface area contributed by atoms with Gasteiger partial charge in [0.05, 0.1) is 13.1 Å². The number of aromatic nitrogens is 2. The third-order valence-corrected chi connectivity index (χ3v) is 6.80. The molecule has 1 saturated carbocycles. The van der Waals surface area contributed by atoms with Crippen molar-refractivity contribution in [2.24, 2.45) is 0 Å². The molecule has 0 saturated heterocycles. The molecule has 0 unspecified atom stereocenters. The van der Waals surface area contributed by atoms with Crippen LogP contribution in [-0.4, -0.2) is 32.9 Å². The van der Waals surface area contributed by atoms with Crippen LogP contribution in [0.25, 0.3) is 0 Å². The Bertz CT molecular complexity index is 1220. The van der Waals surface area contributed by atoms with E-state index in [0.29, 0.717) is 19.1 Å². The number of H-pyrrole nitrogens is 1. The number of rotatable bonds is 11. The quantitative estimate of drug-likeness (QED) is 0.438. The van der Waals surface area contributed by atoms with Crippen molar-refractivity contribution in [1.29, 1.82) is 0 Å². The van der Waals surface area contributed by atoms with Crippen LogP contribution >= 0.6 is 11.3 Å². The number of aromatic amines is 1. The molecule has 0 aliphatic heterocycles. The summed E-state index contributed by atoms with van der Waals surface area (Å²) in [5, 5.41) is 4.12. The molecule has 8 nitrogen and oxygen atoms in total. The number of amides is 1. The minimum Gasteiger partial charge on any atom is -0.383 e. The van der Waals surface area contributed by atoms with E-state index < -0.39 is 11.2 Å². The van der Waals surface area contributed by atoms with Crippen LogP contribution in [0.4, 0.5) is 11.5 Å². The first-order chi connectivity index (χ1) is 16.5. The molecule has 0 bridgehead atoms. The van der Waals surface area contributed by atoms with Crippen molar-refractivity contribution in [2.45, 2.75) is 58.3 Å². The second kappa shape index (κ2) is 10.8. The number of benzene rings is 1. The van der Waals surface area contributed by atoms with Crippen molar-refractivity contribution in [1.82, 2.24) is 14.5 Å². The molecule has 0 spiro atoms. The minimum atomic E-state index is -0.643. The van der Waals surface area contributed by atoms with Gasteiger partial charge in [-0.05, 0) is 47.2 Å². The first-order valence-corrected chi connectivity index (χ1v) is 12.6. The second-order valence-corrected chi connectivity index (χ2v) is 9.51. The molecule has 3 aromatic rings. The first kappa shape index (κ1) is 24.0. The van der Waals surface area contributed by atoms with Gasteiger partial charge in [0.1, 0.15) is 5.82 Å². The van der Waals surface area contributed by atoms with Crippen molar-refractivity contribution in [3.05, 3.63) is 79.1 Å². The number of nitrogen functional groups attached to an aromatic ring is 1. The number of thiophene rings is 1. The molecule has 1 aromatic carbocycles. The minimum absolute atomic E-state index is 0.0299. The Morgan fingerprint density at radius 3 is 2.56 bits per heavy atom. The average Bonchev–Trinajstić information content (AvgIpc) is 3.54. The van der Waals surface area contributed by atoms with E-state index in [9.17, 15) is 14.4 Å². The molecule has 4 rings (SSSR count). The lowest BCUT2D eigenvalue weighted by Crippen LogP contribution is -2.45. The Kier molecular flexibility index (Phi) is 7.64. The summed E-state index contributed by atoms with van der Waals surface area (Å²) in [6, 6.07) is 11.9. The van der Waals surface area contributed by atoms with Crippen LogP contribution in [0, 0.1) is 0 Å². The maximum atomic E-state index is 13.7. The largest absolute Gasteiger partial charge is 0.383 e. The third kappa shape index (κ3) is 5.66. The van der Waals surface area contributed by atoms with Crippen molar-refractivity contribution < 1.29 is 4.79 Å². The lowest BCUT2D eigenvalue weighted by Gasteiger charge is -2.28. The first-order valence-electron chi connectivity index (χ1n) is 11.7. The predicted molar refractivity (Wildman–Crippen MR) is 136 cm³/mol. The Labute approximate surface area is 202 Å². The fraction of sp³-hybridized carbons (Fsp3) is 0.400. The van der Waals surface area contributed by atoms with Gasteiger partial charge in [0.15, 0.2) is 5.69 Å². The molecule has 1 amide bonds. The molecule has 1 aliphatic rings. The molecule has 2 heterocycles. The van der Waals surface area contributed by atoms with Crippen molar-refractivity contribution >= 4 is 28.7 Å². The van der Waals surface area contributed by atoms with Crippen LogP contribution in [0.15, 0.2) is 56.7 Å². The van der Waals surface area contributed by atoms with E-state index in [1.807, 2.05) is 42.6 Å². The van der Waals surface area contributed by atoms with Gasteiger partial charge in [0.2, 0.25) is 5.91 Å². The second-order valence-electron chi connectivity index (χ2n) is 8.73. The van der Waals surface area contributed by atoms with E-state index >= 15 is 0 Å². The molecule has 0 atom stereocenters. The third-order valence-electron chi connectivity index (χ3n) is 6.07. The van der Waals surface area contributed by atoms with E-state index in [4.69, 9.17) is 5.73 Å². The number of nitrogens with two attached hydrogens (primary N) is 1. The summed E-state index contributed by atoms with van der Waals surface area (Å²) in [7, 11) is 0. The molecule has 1 aliphatic carbocycles. The highest BCUT2D eigenvalue weighted by Gasteiger charge is 2.33. The van der Waals surface area contributed by atoms with Crippen LogP contribution in [0.3, 0.4) is 0 Å². The molecule has 3 N–H and O–H groups in total. The number of carbonyl (C=O) groups excluding carboxylic acids is 1. The number of nitrogens with zero attached hydrogens (tertiary/aromatic N) is 3. The molecular formula is C25H31N5O3S. The maximum Gasteiger partial charge on any atom is 0.330 e. The van der Waals surface area contributed by atoms with Gasteiger partial charge in [-0.1, -0.05) is 43.7 Å². The summed E-state index contributed by atoms with van der Waals surface area (Å²) in [5.74, 6) is -0.189. The highest BCUT2D eigenvalue weighted by molar-refractivity contribution is 7.07. The fourth-order valence-electron chi connectivity index (χ4n) is 4.06. The highest BCUT2D eigenvalue weighted by Crippen LogP contribution is 2.29. The normalized spacial score (nSPS) is 13.4. The van der Waals surface area contributed by atoms with Crippen LogP contribution in [0.1, 0.15) is 43.7 Å². The number of hydrogen-bond acceptors (Lipinski definition) is 6. The molecular weight excluding hydrogens is 450 g/mol. The van der Waals surface area contributed by atoms with Gasteiger partial charge < -0.3 is 5.73 Å². The number of carbonyl (C=O) groups is 1. The van der Waals surface area contributed by atoms with E-state index in [0.717, 1.165) is 31.2 Å². The van der Waals surface area contributed by atoms with Gasteiger partial charge in [-0.15, -0.1) is 0 Å². The highest BCUT2D eigenvalue weighted by atomic mass is 32.1. The zero-order chi connectivity index (χ0) is 24.1. The summed E-state index contributed by atoms with van der Waals surface area (Å²) in [5.41, 5.74) is 7.25. The van der Waals surface area contributed by atoms with Crippen LogP contribution in [-0.2, 0) is 24.4 Å². The fourth-order valence-corrected chi connectivity index (χ4v) is 4.72. The predicted octanol–water partition coefficient (Wildman–Crippen LogP) is 3.18. The summed E-state index contributed by atoms with van der Waals surface area (Å²) >= 11 is 1.63. The monoisotopic (exact) mass is 481 g/mol. The van der Waals surface area contributed by atoms with Gasteiger partial charge in [-0.3, -0.25) is 28.9 Å². The van der Waals surface area contributed by atoms with Gasteiger partial charge >= 0.3 is 5.69 Å². The van der Waals surface area contributed by atoms with E-state index in [2.05, 4.69) is 21.3 Å². The summed E-state index contributed by atoms with van der Waals surface area (Å²) in [6.45, 7) is 3.43. The van der Waals surface area contributed by atoms with Gasteiger partial charge in [0.25, 0.3) is 5.56 Å². The Morgan fingerprint density at radius 2 is 1.91 bits per heavy atom. The van der Waals surface area contributed by atoms with Gasteiger partial charge in [-0.2, -0.15) is 11.3 Å². The van der Waals surface area contributed by atoms with Crippen molar-refractivity contribution in [2.75, 3.05) is 17.2 Å². The van der Waals surface area contributed by atoms with Crippen LogP contribution in [0.2, 0.25) is 0 Å². The lowest BCUT2D eigenvalue weighted by molar-refractivity contribution is -0.120. The van der Waals surface area contributed by atoms with Gasteiger partial charge in [0, 0.05) is 19.1 Å². The summed E-state index contributed by atoms with van der Waals surface area (Å²) < 4.78 is 1.36. The number of unbranched alkanes of at least 4 members (excludes halogenated alkanes) is 1. The summed E-state index contributed by atoms with van der Waals surface area (Å²) in [4.78, 5) is 45.1. The van der Waals surface area contributed by atoms with Crippen LogP contribution < -0.4 is 21.9 Å². The number of anilines is 2.